The normalized spacial score (nSPS) is 10.9. The van der Waals surface area contributed by atoms with Crippen LogP contribution < -0.4 is 15.4 Å². The van der Waals surface area contributed by atoms with Gasteiger partial charge in [-0.1, -0.05) is 0 Å². The summed E-state index contributed by atoms with van der Waals surface area (Å²) in [5.74, 6) is -0.706. The molecule has 0 saturated heterocycles. The standard InChI is InChI=1S/C14H20N2O5/c1-14(2,21-4)8-15-13(19)16-10-7-9(12(17)18)5-6-11(10)20-3/h5-7H,8H2,1-4H3,(H,17,18)(H2,15,16,19). The van der Waals surface area contributed by atoms with Crippen LogP contribution in [0.1, 0.15) is 24.2 Å². The Kier molecular flexibility index (Phi) is 5.54. The van der Waals surface area contributed by atoms with Crippen LogP contribution in [0.4, 0.5) is 10.5 Å². The average molecular weight is 296 g/mol. The van der Waals surface area contributed by atoms with Crippen molar-refractivity contribution in [2.45, 2.75) is 19.4 Å². The van der Waals surface area contributed by atoms with E-state index in [1.807, 2.05) is 13.8 Å². The van der Waals surface area contributed by atoms with Crippen LogP contribution in [-0.4, -0.2) is 43.5 Å². The summed E-state index contributed by atoms with van der Waals surface area (Å²) in [7, 11) is 2.99. The number of anilines is 1. The third-order valence-corrected chi connectivity index (χ3v) is 2.92. The molecule has 0 aliphatic rings. The smallest absolute Gasteiger partial charge is 0.335 e. The second-order valence-electron chi connectivity index (χ2n) is 4.99. The third kappa shape index (κ3) is 4.96. The van der Waals surface area contributed by atoms with Crippen LogP contribution in [0.2, 0.25) is 0 Å². The first-order chi connectivity index (χ1) is 9.79. The molecule has 0 spiro atoms. The van der Waals surface area contributed by atoms with Crippen molar-refractivity contribution in [2.75, 3.05) is 26.1 Å². The number of carbonyl (C=O) groups excluding carboxylic acids is 1. The molecule has 0 fully saturated rings. The van der Waals surface area contributed by atoms with Gasteiger partial charge in [0.05, 0.1) is 24.0 Å². The van der Waals surface area contributed by atoms with Gasteiger partial charge in [0.25, 0.3) is 0 Å². The van der Waals surface area contributed by atoms with Crippen LogP contribution in [0.15, 0.2) is 18.2 Å². The molecule has 1 rings (SSSR count). The highest BCUT2D eigenvalue weighted by Crippen LogP contribution is 2.25. The molecule has 116 valence electrons. The van der Waals surface area contributed by atoms with E-state index in [0.717, 1.165) is 0 Å². The van der Waals surface area contributed by atoms with E-state index in [4.69, 9.17) is 14.6 Å². The summed E-state index contributed by atoms with van der Waals surface area (Å²) >= 11 is 0. The molecule has 0 unspecified atom stereocenters. The Morgan fingerprint density at radius 2 is 1.95 bits per heavy atom. The van der Waals surface area contributed by atoms with Crippen molar-refractivity contribution in [1.82, 2.24) is 5.32 Å². The Labute approximate surface area is 123 Å². The van der Waals surface area contributed by atoms with Crippen LogP contribution in [0, 0.1) is 0 Å². The van der Waals surface area contributed by atoms with Crippen molar-refractivity contribution in [3.8, 4) is 5.75 Å². The number of methoxy groups -OCH3 is 2. The minimum Gasteiger partial charge on any atom is -0.495 e. The number of urea groups is 1. The van der Waals surface area contributed by atoms with Crippen molar-refractivity contribution in [3.63, 3.8) is 0 Å². The molecule has 21 heavy (non-hydrogen) atoms. The minimum atomic E-state index is -1.08. The lowest BCUT2D eigenvalue weighted by Gasteiger charge is -2.23. The molecule has 0 bridgehead atoms. The number of carboxylic acid groups (broad SMARTS) is 1. The molecule has 0 atom stereocenters. The second kappa shape index (κ2) is 6.94. The summed E-state index contributed by atoms with van der Waals surface area (Å²) in [6.45, 7) is 3.97. The summed E-state index contributed by atoms with van der Waals surface area (Å²) in [6.07, 6.45) is 0. The van der Waals surface area contributed by atoms with Crippen LogP contribution in [0.25, 0.3) is 0 Å². The van der Waals surface area contributed by atoms with Gasteiger partial charge in [0.1, 0.15) is 5.75 Å². The molecule has 3 N–H and O–H groups in total. The van der Waals surface area contributed by atoms with Gasteiger partial charge in [0.15, 0.2) is 0 Å². The van der Waals surface area contributed by atoms with E-state index in [0.29, 0.717) is 12.3 Å². The topological polar surface area (TPSA) is 96.9 Å². The SMILES string of the molecule is COc1ccc(C(=O)O)cc1NC(=O)NCC(C)(C)OC. The van der Waals surface area contributed by atoms with Crippen LogP contribution in [0.5, 0.6) is 5.75 Å². The number of benzene rings is 1. The molecule has 0 radical (unpaired) electrons. The van der Waals surface area contributed by atoms with Crippen molar-refractivity contribution < 1.29 is 24.2 Å². The highest BCUT2D eigenvalue weighted by molar-refractivity contribution is 5.94. The molecule has 7 nitrogen and oxygen atoms in total. The van der Waals surface area contributed by atoms with E-state index in [2.05, 4.69) is 10.6 Å². The van der Waals surface area contributed by atoms with Crippen molar-refractivity contribution in [2.24, 2.45) is 0 Å². The van der Waals surface area contributed by atoms with Gasteiger partial charge in [-0.3, -0.25) is 0 Å². The first kappa shape index (κ1) is 16.8. The largest absolute Gasteiger partial charge is 0.495 e. The Bertz CT molecular complexity index is 528. The Morgan fingerprint density at radius 3 is 2.48 bits per heavy atom. The van der Waals surface area contributed by atoms with E-state index >= 15 is 0 Å². The molecule has 7 heteroatoms. The van der Waals surface area contributed by atoms with Crippen LogP contribution >= 0.6 is 0 Å². The minimum absolute atomic E-state index is 0.0586. The van der Waals surface area contributed by atoms with Gasteiger partial charge in [0, 0.05) is 13.7 Å². The average Bonchev–Trinajstić information content (AvgIpc) is 2.45. The summed E-state index contributed by atoms with van der Waals surface area (Å²) in [5.41, 5.74) is -0.155. The molecule has 0 heterocycles. The molecule has 0 aliphatic carbocycles. The molecule has 0 aromatic heterocycles. The Morgan fingerprint density at radius 1 is 1.29 bits per heavy atom. The van der Waals surface area contributed by atoms with Crippen molar-refractivity contribution in [3.05, 3.63) is 23.8 Å². The van der Waals surface area contributed by atoms with Crippen LogP contribution in [0.3, 0.4) is 0 Å². The zero-order chi connectivity index (χ0) is 16.0. The van der Waals surface area contributed by atoms with Gasteiger partial charge in [-0.25, -0.2) is 9.59 Å². The van der Waals surface area contributed by atoms with E-state index in [1.165, 1.54) is 25.3 Å². The fraction of sp³-hybridized carbons (Fsp3) is 0.429. The van der Waals surface area contributed by atoms with Gasteiger partial charge in [-0.2, -0.15) is 0 Å². The monoisotopic (exact) mass is 296 g/mol. The lowest BCUT2D eigenvalue weighted by Crippen LogP contribution is -2.41. The number of carbonyl (C=O) groups is 2. The molecule has 1 aromatic rings. The fourth-order valence-electron chi connectivity index (χ4n) is 1.47. The molecule has 1 aromatic carbocycles. The lowest BCUT2D eigenvalue weighted by molar-refractivity contribution is 0.0257. The van der Waals surface area contributed by atoms with E-state index in [9.17, 15) is 9.59 Å². The zero-order valence-electron chi connectivity index (χ0n) is 12.5. The summed E-state index contributed by atoms with van der Waals surface area (Å²) in [6, 6.07) is 3.75. The van der Waals surface area contributed by atoms with Gasteiger partial charge >= 0.3 is 12.0 Å². The number of nitrogens with one attached hydrogen (secondary N) is 2. The molecular weight excluding hydrogens is 276 g/mol. The molecule has 0 saturated carbocycles. The summed E-state index contributed by atoms with van der Waals surface area (Å²) in [5, 5.41) is 14.2. The van der Waals surface area contributed by atoms with E-state index in [1.54, 1.807) is 7.11 Å². The van der Waals surface area contributed by atoms with Crippen LogP contribution in [-0.2, 0) is 4.74 Å². The quantitative estimate of drug-likeness (QED) is 0.745. The first-order valence-electron chi connectivity index (χ1n) is 6.30. The maximum absolute atomic E-state index is 11.8. The number of rotatable bonds is 6. The number of amides is 2. The molecular formula is C14H20N2O5. The Hall–Kier alpha value is -2.28. The third-order valence-electron chi connectivity index (χ3n) is 2.92. The second-order valence-corrected chi connectivity index (χ2v) is 4.99. The first-order valence-corrected chi connectivity index (χ1v) is 6.30. The number of hydrogen-bond acceptors (Lipinski definition) is 4. The maximum Gasteiger partial charge on any atom is 0.335 e. The molecule has 0 aliphatic heterocycles. The predicted octanol–water partition coefficient (Wildman–Crippen LogP) is 1.94. The number of aromatic carboxylic acids is 1. The fourth-order valence-corrected chi connectivity index (χ4v) is 1.47. The summed E-state index contributed by atoms with van der Waals surface area (Å²) in [4.78, 5) is 22.8. The number of ether oxygens (including phenoxy) is 2. The van der Waals surface area contributed by atoms with E-state index in [-0.39, 0.29) is 11.3 Å². The number of carboxylic acids is 1. The maximum atomic E-state index is 11.8. The highest BCUT2D eigenvalue weighted by Gasteiger charge is 2.18. The Balaban J connectivity index is 2.79. The van der Waals surface area contributed by atoms with E-state index < -0.39 is 17.6 Å². The van der Waals surface area contributed by atoms with Gasteiger partial charge in [-0.15, -0.1) is 0 Å². The van der Waals surface area contributed by atoms with Gasteiger partial charge in [0.2, 0.25) is 0 Å². The zero-order valence-corrected chi connectivity index (χ0v) is 12.5. The predicted molar refractivity (Wildman–Crippen MR) is 78.1 cm³/mol. The van der Waals surface area contributed by atoms with Crippen molar-refractivity contribution in [1.29, 1.82) is 0 Å². The summed E-state index contributed by atoms with van der Waals surface area (Å²) < 4.78 is 10.3. The van der Waals surface area contributed by atoms with Gasteiger partial charge < -0.3 is 25.2 Å². The lowest BCUT2D eigenvalue weighted by atomic mass is 10.1. The highest BCUT2D eigenvalue weighted by atomic mass is 16.5. The molecule has 2 amide bonds. The van der Waals surface area contributed by atoms with Gasteiger partial charge in [-0.05, 0) is 32.0 Å². The van der Waals surface area contributed by atoms with Crippen molar-refractivity contribution >= 4 is 17.7 Å². The number of hydrogen-bond donors (Lipinski definition) is 3.